The molecule has 1 aromatic heterocycles. The van der Waals surface area contributed by atoms with Crippen molar-refractivity contribution in [1.29, 1.82) is 0 Å². The molecule has 3 amide bonds. The Balaban J connectivity index is 1.32. The topological polar surface area (TPSA) is 104 Å². The Labute approximate surface area is 263 Å². The van der Waals surface area contributed by atoms with Crippen LogP contribution < -0.4 is 10.1 Å². The summed E-state index contributed by atoms with van der Waals surface area (Å²) < 4.78 is 11.6. The van der Waals surface area contributed by atoms with Crippen LogP contribution in [0.4, 0.5) is 0 Å². The molecule has 10 nitrogen and oxygen atoms in total. The number of ether oxygens (including phenoxy) is 2. The third-order valence-corrected chi connectivity index (χ3v) is 9.62. The number of rotatable bonds is 3. The summed E-state index contributed by atoms with van der Waals surface area (Å²) in [6.07, 6.45) is 9.12. The lowest BCUT2D eigenvalue weighted by Crippen LogP contribution is -2.50. The second-order valence-corrected chi connectivity index (χ2v) is 14.5. The van der Waals surface area contributed by atoms with Crippen molar-refractivity contribution >= 4 is 17.7 Å². The first-order valence-corrected chi connectivity index (χ1v) is 16.9. The molecule has 0 radical (unpaired) electrons. The SMILES string of the molecule is CC(C)(C)CC(=O)N1CCOCCOc2cccc(n2)C(=O)N[C@H]2C[C@@H](C(=O)N3CCC(CC3)C1)N(CC1CCCCC1)C2. The lowest BCUT2D eigenvalue weighted by atomic mass is 9.88. The van der Waals surface area contributed by atoms with Crippen molar-refractivity contribution in [2.75, 3.05) is 59.1 Å². The third-order valence-electron chi connectivity index (χ3n) is 9.62. The van der Waals surface area contributed by atoms with Crippen LogP contribution in [0.15, 0.2) is 18.2 Å². The van der Waals surface area contributed by atoms with E-state index in [4.69, 9.17) is 9.47 Å². The van der Waals surface area contributed by atoms with Gasteiger partial charge in [-0.2, -0.15) is 0 Å². The van der Waals surface area contributed by atoms with Gasteiger partial charge in [0, 0.05) is 57.8 Å². The Morgan fingerprint density at radius 3 is 2.50 bits per heavy atom. The molecule has 2 saturated heterocycles. The molecule has 6 bridgehead atoms. The van der Waals surface area contributed by atoms with Crippen molar-refractivity contribution < 1.29 is 23.9 Å². The lowest BCUT2D eigenvalue weighted by Gasteiger charge is -2.38. The molecule has 1 saturated carbocycles. The van der Waals surface area contributed by atoms with Crippen LogP contribution >= 0.6 is 0 Å². The highest BCUT2D eigenvalue weighted by atomic mass is 16.5. The van der Waals surface area contributed by atoms with Gasteiger partial charge in [0.2, 0.25) is 17.7 Å². The van der Waals surface area contributed by atoms with E-state index in [1.807, 2.05) is 9.80 Å². The molecule has 5 aliphatic rings. The van der Waals surface area contributed by atoms with Crippen molar-refractivity contribution in [3.8, 4) is 5.88 Å². The number of fused-ring (bicyclic) bond motifs is 10. The van der Waals surface area contributed by atoms with E-state index in [1.165, 1.54) is 32.1 Å². The van der Waals surface area contributed by atoms with E-state index in [0.29, 0.717) is 88.8 Å². The van der Waals surface area contributed by atoms with Gasteiger partial charge in [0.15, 0.2) is 0 Å². The van der Waals surface area contributed by atoms with E-state index in [1.54, 1.807) is 18.2 Å². The minimum Gasteiger partial charge on any atom is -0.475 e. The average Bonchev–Trinajstić information content (AvgIpc) is 3.39. The monoisotopic (exact) mass is 611 g/mol. The van der Waals surface area contributed by atoms with Gasteiger partial charge in [0.25, 0.3) is 5.91 Å². The molecule has 1 aromatic rings. The fourth-order valence-electron chi connectivity index (χ4n) is 7.27. The van der Waals surface area contributed by atoms with Gasteiger partial charge in [-0.1, -0.05) is 46.1 Å². The van der Waals surface area contributed by atoms with Gasteiger partial charge in [0.05, 0.1) is 19.3 Å². The zero-order chi connectivity index (χ0) is 31.1. The molecule has 5 heterocycles. The summed E-state index contributed by atoms with van der Waals surface area (Å²) >= 11 is 0. The van der Waals surface area contributed by atoms with Crippen molar-refractivity contribution in [2.24, 2.45) is 17.3 Å². The number of piperidine rings is 1. The molecule has 244 valence electrons. The zero-order valence-corrected chi connectivity index (χ0v) is 27.1. The predicted molar refractivity (Wildman–Crippen MR) is 168 cm³/mol. The Morgan fingerprint density at radius 2 is 1.75 bits per heavy atom. The first kappa shape index (κ1) is 32.7. The van der Waals surface area contributed by atoms with Gasteiger partial charge in [-0.05, 0) is 55.4 Å². The van der Waals surface area contributed by atoms with Gasteiger partial charge < -0.3 is 24.6 Å². The summed E-state index contributed by atoms with van der Waals surface area (Å²) in [4.78, 5) is 51.4. The quantitative estimate of drug-likeness (QED) is 0.520. The van der Waals surface area contributed by atoms with Crippen molar-refractivity contribution in [1.82, 2.24) is 25.0 Å². The Bertz CT molecular complexity index is 1130. The molecule has 3 fully saturated rings. The molecule has 2 atom stereocenters. The number of hydrogen-bond acceptors (Lipinski definition) is 7. The maximum absolute atomic E-state index is 14.0. The Morgan fingerprint density at radius 1 is 0.977 bits per heavy atom. The molecule has 1 N–H and O–H groups in total. The standard InChI is InChI=1S/C34H53N5O5/c1-34(2,3)21-31(40)38-16-17-43-18-19-44-30-11-7-10-28(36-30)32(41)35-27-20-29(33(42)37-14-12-26(22-38)13-15-37)39(24-27)23-25-8-5-4-6-9-25/h7,10-11,25-27,29H,4-6,8-9,12-24H2,1-3H3,(H,35,41)/t27-,29-/m0/s1. The van der Waals surface area contributed by atoms with Crippen LogP contribution in [0, 0.1) is 17.3 Å². The van der Waals surface area contributed by atoms with Crippen LogP contribution in [0.25, 0.3) is 0 Å². The second kappa shape index (κ2) is 15.0. The van der Waals surface area contributed by atoms with Gasteiger partial charge in [-0.3, -0.25) is 19.3 Å². The number of likely N-dealkylation sites (tertiary alicyclic amines) is 1. The normalized spacial score (nSPS) is 27.0. The molecular formula is C34H53N5O5. The summed E-state index contributed by atoms with van der Waals surface area (Å²) in [6, 6.07) is 4.86. The fraction of sp³-hybridized carbons (Fsp3) is 0.765. The fourth-order valence-corrected chi connectivity index (χ4v) is 7.27. The van der Waals surface area contributed by atoms with E-state index in [-0.39, 0.29) is 35.2 Å². The second-order valence-electron chi connectivity index (χ2n) is 14.5. The molecule has 6 rings (SSSR count). The summed E-state index contributed by atoms with van der Waals surface area (Å²) in [7, 11) is 0. The van der Waals surface area contributed by atoms with Crippen LogP contribution in [-0.4, -0.2) is 109 Å². The number of nitrogens with zero attached hydrogens (tertiary/aromatic N) is 4. The number of pyridine rings is 1. The van der Waals surface area contributed by atoms with Crippen LogP contribution in [-0.2, 0) is 14.3 Å². The van der Waals surface area contributed by atoms with Gasteiger partial charge in [-0.25, -0.2) is 4.98 Å². The predicted octanol–water partition coefficient (Wildman–Crippen LogP) is 3.75. The van der Waals surface area contributed by atoms with Crippen LogP contribution in [0.5, 0.6) is 5.88 Å². The highest BCUT2D eigenvalue weighted by Crippen LogP contribution is 2.30. The van der Waals surface area contributed by atoms with E-state index in [0.717, 1.165) is 19.4 Å². The Hall–Kier alpha value is -2.72. The van der Waals surface area contributed by atoms with E-state index < -0.39 is 0 Å². The number of carbonyl (C=O) groups excluding carboxylic acids is 3. The van der Waals surface area contributed by atoms with Crippen molar-refractivity contribution in [3.63, 3.8) is 0 Å². The van der Waals surface area contributed by atoms with Crippen molar-refractivity contribution in [3.05, 3.63) is 23.9 Å². The molecule has 10 heteroatoms. The largest absolute Gasteiger partial charge is 0.475 e. The van der Waals surface area contributed by atoms with E-state index in [9.17, 15) is 14.4 Å². The zero-order valence-electron chi connectivity index (χ0n) is 27.1. The summed E-state index contributed by atoms with van der Waals surface area (Å²) in [5.74, 6) is 1.43. The highest BCUT2D eigenvalue weighted by Gasteiger charge is 2.41. The average molecular weight is 612 g/mol. The molecule has 0 spiro atoms. The molecule has 0 unspecified atom stereocenters. The number of aromatic nitrogens is 1. The number of carbonyl (C=O) groups is 3. The van der Waals surface area contributed by atoms with E-state index in [2.05, 4.69) is 36.0 Å². The van der Waals surface area contributed by atoms with Crippen LogP contribution in [0.1, 0.15) is 89.0 Å². The minimum absolute atomic E-state index is 0.0933. The van der Waals surface area contributed by atoms with Crippen molar-refractivity contribution in [2.45, 2.75) is 90.6 Å². The first-order chi connectivity index (χ1) is 21.1. The van der Waals surface area contributed by atoms with Crippen LogP contribution in [0.3, 0.4) is 0 Å². The van der Waals surface area contributed by atoms with Gasteiger partial charge in [0.1, 0.15) is 12.3 Å². The molecular weight excluding hydrogens is 558 g/mol. The molecule has 4 aliphatic heterocycles. The highest BCUT2D eigenvalue weighted by molar-refractivity contribution is 5.92. The maximum Gasteiger partial charge on any atom is 0.270 e. The third kappa shape index (κ3) is 9.16. The first-order valence-electron chi connectivity index (χ1n) is 16.9. The number of nitrogens with one attached hydrogen (secondary N) is 1. The Kier molecular flexibility index (Phi) is 11.2. The summed E-state index contributed by atoms with van der Waals surface area (Å²) in [5, 5.41) is 3.18. The van der Waals surface area contributed by atoms with E-state index >= 15 is 0 Å². The molecule has 1 aliphatic carbocycles. The number of hydrogen-bond donors (Lipinski definition) is 1. The molecule has 0 aromatic carbocycles. The maximum atomic E-state index is 14.0. The van der Waals surface area contributed by atoms with Crippen LogP contribution in [0.2, 0.25) is 0 Å². The number of amides is 3. The van der Waals surface area contributed by atoms with Gasteiger partial charge in [-0.15, -0.1) is 0 Å². The molecule has 44 heavy (non-hydrogen) atoms. The smallest absolute Gasteiger partial charge is 0.270 e. The summed E-state index contributed by atoms with van der Waals surface area (Å²) in [6.45, 7) is 11.6. The minimum atomic E-state index is -0.242. The lowest BCUT2D eigenvalue weighted by molar-refractivity contribution is -0.139. The van der Waals surface area contributed by atoms with Gasteiger partial charge >= 0.3 is 0 Å². The summed E-state index contributed by atoms with van der Waals surface area (Å²) in [5.41, 5.74) is 0.210.